The highest BCUT2D eigenvalue weighted by atomic mass is 16.2. The lowest BCUT2D eigenvalue weighted by Crippen LogP contribution is -2.62. The zero-order chi connectivity index (χ0) is 11.8. The third kappa shape index (κ3) is 1.58. The number of nitrogens with zero attached hydrogens (tertiary/aromatic N) is 2. The second-order valence-corrected chi connectivity index (χ2v) is 4.37. The lowest BCUT2D eigenvalue weighted by atomic mass is 9.98. The molecule has 5 heteroatoms. The van der Waals surface area contributed by atoms with Gasteiger partial charge < -0.3 is 16.0 Å². The number of carbonyl (C=O) groups is 1. The van der Waals surface area contributed by atoms with Gasteiger partial charge in [0.05, 0.1) is 5.69 Å². The SMILES string of the molecule is CC1(C)C(=O)NCCN1c1cccnc1N. The normalized spacial score (nSPS) is 19.4. The van der Waals surface area contributed by atoms with Crippen molar-refractivity contribution in [2.45, 2.75) is 19.4 Å². The maximum absolute atomic E-state index is 11.8. The summed E-state index contributed by atoms with van der Waals surface area (Å²) in [5, 5.41) is 2.85. The molecule has 0 bridgehead atoms. The third-order valence-corrected chi connectivity index (χ3v) is 2.96. The van der Waals surface area contributed by atoms with Crippen LogP contribution in [0.25, 0.3) is 0 Å². The molecule has 1 amide bonds. The van der Waals surface area contributed by atoms with E-state index in [4.69, 9.17) is 5.73 Å². The number of carbonyl (C=O) groups excluding carboxylic acids is 1. The molecule has 1 aliphatic heterocycles. The van der Waals surface area contributed by atoms with Crippen molar-refractivity contribution in [2.24, 2.45) is 0 Å². The molecule has 86 valence electrons. The van der Waals surface area contributed by atoms with Gasteiger partial charge in [0.15, 0.2) is 0 Å². The lowest BCUT2D eigenvalue weighted by molar-refractivity contribution is -0.126. The maximum Gasteiger partial charge on any atom is 0.245 e. The smallest absolute Gasteiger partial charge is 0.245 e. The van der Waals surface area contributed by atoms with Gasteiger partial charge in [-0.2, -0.15) is 0 Å². The highest BCUT2D eigenvalue weighted by Crippen LogP contribution is 2.29. The topological polar surface area (TPSA) is 71.2 Å². The molecule has 0 spiro atoms. The van der Waals surface area contributed by atoms with Crippen LogP contribution >= 0.6 is 0 Å². The van der Waals surface area contributed by atoms with E-state index in [1.807, 2.05) is 30.9 Å². The molecule has 1 fully saturated rings. The molecule has 0 saturated carbocycles. The predicted molar refractivity (Wildman–Crippen MR) is 63.1 cm³/mol. The zero-order valence-corrected chi connectivity index (χ0v) is 9.53. The number of piperazine rings is 1. The van der Waals surface area contributed by atoms with Crippen LogP contribution in [0.15, 0.2) is 18.3 Å². The van der Waals surface area contributed by atoms with Gasteiger partial charge in [-0.1, -0.05) is 0 Å². The van der Waals surface area contributed by atoms with Gasteiger partial charge in [-0.3, -0.25) is 4.79 Å². The molecule has 16 heavy (non-hydrogen) atoms. The van der Waals surface area contributed by atoms with Crippen LogP contribution < -0.4 is 16.0 Å². The molecule has 0 radical (unpaired) electrons. The van der Waals surface area contributed by atoms with Crippen molar-refractivity contribution in [2.75, 3.05) is 23.7 Å². The molecule has 1 saturated heterocycles. The molecule has 1 aromatic heterocycles. The first kappa shape index (κ1) is 10.7. The van der Waals surface area contributed by atoms with E-state index in [0.717, 1.165) is 12.2 Å². The highest BCUT2D eigenvalue weighted by molar-refractivity contribution is 5.91. The fourth-order valence-electron chi connectivity index (χ4n) is 1.96. The van der Waals surface area contributed by atoms with Crippen molar-refractivity contribution in [1.29, 1.82) is 0 Å². The van der Waals surface area contributed by atoms with Gasteiger partial charge in [0.25, 0.3) is 0 Å². The van der Waals surface area contributed by atoms with E-state index in [2.05, 4.69) is 10.3 Å². The van der Waals surface area contributed by atoms with Gasteiger partial charge in [0.1, 0.15) is 11.4 Å². The quantitative estimate of drug-likeness (QED) is 0.717. The summed E-state index contributed by atoms with van der Waals surface area (Å²) in [6.07, 6.45) is 1.65. The van der Waals surface area contributed by atoms with Crippen LogP contribution in [0.2, 0.25) is 0 Å². The number of pyridine rings is 1. The molecule has 2 heterocycles. The van der Waals surface area contributed by atoms with Crippen molar-refractivity contribution in [3.8, 4) is 0 Å². The van der Waals surface area contributed by atoms with Gasteiger partial charge in [-0.25, -0.2) is 4.98 Å². The van der Waals surface area contributed by atoms with E-state index >= 15 is 0 Å². The molecular weight excluding hydrogens is 204 g/mol. The molecule has 2 rings (SSSR count). The Morgan fingerprint density at radius 1 is 1.56 bits per heavy atom. The monoisotopic (exact) mass is 220 g/mol. The Morgan fingerprint density at radius 2 is 2.31 bits per heavy atom. The fourth-order valence-corrected chi connectivity index (χ4v) is 1.96. The summed E-state index contributed by atoms with van der Waals surface area (Å²) in [5.74, 6) is 0.479. The van der Waals surface area contributed by atoms with Gasteiger partial charge in [-0.15, -0.1) is 0 Å². The summed E-state index contributed by atoms with van der Waals surface area (Å²) in [6, 6.07) is 3.72. The standard InChI is InChI=1S/C11H16N4O/c1-11(2)10(16)14-6-7-15(11)8-4-3-5-13-9(8)12/h3-5H,6-7H2,1-2H3,(H2,12,13)(H,14,16). The molecule has 3 N–H and O–H groups in total. The summed E-state index contributed by atoms with van der Waals surface area (Å²) < 4.78 is 0. The highest BCUT2D eigenvalue weighted by Gasteiger charge is 2.38. The van der Waals surface area contributed by atoms with Crippen molar-refractivity contribution in [3.63, 3.8) is 0 Å². The average Bonchev–Trinajstić information content (AvgIpc) is 2.24. The second kappa shape index (κ2) is 3.66. The Morgan fingerprint density at radius 3 is 3.00 bits per heavy atom. The summed E-state index contributed by atoms with van der Waals surface area (Å²) in [5.41, 5.74) is 6.07. The number of aromatic nitrogens is 1. The van der Waals surface area contributed by atoms with E-state index in [1.54, 1.807) is 6.20 Å². The molecule has 0 unspecified atom stereocenters. The van der Waals surface area contributed by atoms with E-state index in [1.165, 1.54) is 0 Å². The largest absolute Gasteiger partial charge is 0.382 e. The molecule has 1 aromatic rings. The number of nitrogens with two attached hydrogens (primary N) is 1. The van der Waals surface area contributed by atoms with Crippen LogP contribution in [0, 0.1) is 0 Å². The van der Waals surface area contributed by atoms with Crippen LogP contribution in [0.3, 0.4) is 0 Å². The van der Waals surface area contributed by atoms with Gasteiger partial charge in [0.2, 0.25) is 5.91 Å². The molecule has 0 aliphatic carbocycles. The van der Waals surface area contributed by atoms with Crippen LogP contribution in [-0.2, 0) is 4.79 Å². The van der Waals surface area contributed by atoms with Crippen molar-refractivity contribution in [3.05, 3.63) is 18.3 Å². The Bertz CT molecular complexity index is 416. The first-order chi connectivity index (χ1) is 7.53. The van der Waals surface area contributed by atoms with Gasteiger partial charge in [-0.05, 0) is 26.0 Å². The minimum Gasteiger partial charge on any atom is -0.382 e. The van der Waals surface area contributed by atoms with Crippen LogP contribution in [-0.4, -0.2) is 29.5 Å². The third-order valence-electron chi connectivity index (χ3n) is 2.96. The summed E-state index contributed by atoms with van der Waals surface area (Å²) in [4.78, 5) is 17.8. The number of amides is 1. The second-order valence-electron chi connectivity index (χ2n) is 4.37. The van der Waals surface area contributed by atoms with Crippen LogP contribution in [0.4, 0.5) is 11.5 Å². The van der Waals surface area contributed by atoms with Crippen molar-refractivity contribution >= 4 is 17.4 Å². The first-order valence-corrected chi connectivity index (χ1v) is 5.30. The molecule has 0 atom stereocenters. The predicted octanol–water partition coefficient (Wildman–Crippen LogP) is 0.379. The van der Waals surface area contributed by atoms with Crippen LogP contribution in [0.1, 0.15) is 13.8 Å². The van der Waals surface area contributed by atoms with Crippen molar-refractivity contribution < 1.29 is 4.79 Å². The van der Waals surface area contributed by atoms with Gasteiger partial charge in [0, 0.05) is 19.3 Å². The minimum atomic E-state index is -0.588. The van der Waals surface area contributed by atoms with E-state index in [9.17, 15) is 4.79 Å². The Labute approximate surface area is 94.6 Å². The Balaban J connectivity index is 2.40. The molecule has 1 aliphatic rings. The maximum atomic E-state index is 11.8. The first-order valence-electron chi connectivity index (χ1n) is 5.30. The number of nitrogen functional groups attached to an aromatic ring is 1. The molecule has 5 nitrogen and oxygen atoms in total. The summed E-state index contributed by atoms with van der Waals surface area (Å²) in [7, 11) is 0. The number of rotatable bonds is 1. The average molecular weight is 220 g/mol. The number of hydrogen-bond acceptors (Lipinski definition) is 4. The Kier molecular flexibility index (Phi) is 2.46. The van der Waals surface area contributed by atoms with Crippen LogP contribution in [0.5, 0.6) is 0 Å². The number of anilines is 2. The number of nitrogens with one attached hydrogen (secondary N) is 1. The van der Waals surface area contributed by atoms with Crippen molar-refractivity contribution in [1.82, 2.24) is 10.3 Å². The number of hydrogen-bond donors (Lipinski definition) is 2. The zero-order valence-electron chi connectivity index (χ0n) is 9.53. The van der Waals surface area contributed by atoms with Gasteiger partial charge >= 0.3 is 0 Å². The van der Waals surface area contributed by atoms with E-state index < -0.39 is 5.54 Å². The lowest BCUT2D eigenvalue weighted by Gasteiger charge is -2.42. The minimum absolute atomic E-state index is 0.0157. The molecular formula is C11H16N4O. The Hall–Kier alpha value is -1.78. The fraction of sp³-hybridized carbons (Fsp3) is 0.455. The van der Waals surface area contributed by atoms with E-state index in [-0.39, 0.29) is 5.91 Å². The molecule has 0 aromatic carbocycles. The summed E-state index contributed by atoms with van der Waals surface area (Å²) >= 11 is 0. The van der Waals surface area contributed by atoms with E-state index in [0.29, 0.717) is 12.4 Å². The summed E-state index contributed by atoms with van der Waals surface area (Å²) in [6.45, 7) is 5.15.